The summed E-state index contributed by atoms with van der Waals surface area (Å²) in [6.07, 6.45) is 6.64. The van der Waals surface area contributed by atoms with E-state index in [1.807, 2.05) is 19.3 Å². The first-order valence-corrected chi connectivity index (χ1v) is 3.43. The number of nitrogens with two attached hydrogens (primary N) is 1. The van der Waals surface area contributed by atoms with Gasteiger partial charge in [-0.25, -0.2) is 0 Å². The first-order valence-electron chi connectivity index (χ1n) is 3.43. The Kier molecular flexibility index (Phi) is 5.77. The molecule has 0 atom stereocenters. The molecule has 0 aromatic rings. The van der Waals surface area contributed by atoms with E-state index in [-0.39, 0.29) is 0 Å². The van der Waals surface area contributed by atoms with E-state index in [4.69, 9.17) is 5.73 Å². The predicted molar refractivity (Wildman–Crippen MR) is 44.7 cm³/mol. The van der Waals surface area contributed by atoms with Gasteiger partial charge in [0, 0.05) is 26.0 Å². The highest BCUT2D eigenvalue weighted by molar-refractivity contribution is 5.58. The Morgan fingerprint density at radius 3 is 2.80 bits per heavy atom. The lowest BCUT2D eigenvalue weighted by Crippen LogP contribution is -2.06. The van der Waals surface area contributed by atoms with Crippen LogP contribution in [0.1, 0.15) is 13.3 Å². The Labute approximate surface area is 62.2 Å². The molecular formula is C7H15N3. The molecule has 0 saturated heterocycles. The first-order chi connectivity index (χ1) is 4.81. The second-order valence-electron chi connectivity index (χ2n) is 1.90. The predicted octanol–water partition coefficient (Wildman–Crippen LogP) is 0.786. The largest absolute Gasteiger partial charge is 0.326 e. The highest BCUT2D eigenvalue weighted by Gasteiger charge is 1.78. The molecule has 0 aromatic heterocycles. The van der Waals surface area contributed by atoms with Crippen molar-refractivity contribution in [3.05, 3.63) is 12.3 Å². The van der Waals surface area contributed by atoms with Gasteiger partial charge < -0.3 is 5.73 Å². The molecule has 0 rings (SSSR count). The van der Waals surface area contributed by atoms with E-state index in [1.54, 1.807) is 11.2 Å². The molecule has 0 bridgehead atoms. The number of hydrogen-bond donors (Lipinski definition) is 1. The van der Waals surface area contributed by atoms with Crippen molar-refractivity contribution in [3.63, 3.8) is 0 Å². The van der Waals surface area contributed by atoms with Gasteiger partial charge in [0.15, 0.2) is 0 Å². The highest BCUT2D eigenvalue weighted by Crippen LogP contribution is 1.85. The average molecular weight is 141 g/mol. The molecule has 0 spiro atoms. The zero-order valence-corrected chi connectivity index (χ0v) is 6.62. The van der Waals surface area contributed by atoms with Crippen LogP contribution in [0.25, 0.3) is 0 Å². The molecule has 0 aliphatic rings. The van der Waals surface area contributed by atoms with Crippen LogP contribution in [0.2, 0.25) is 0 Å². The Balaban J connectivity index is 3.52. The summed E-state index contributed by atoms with van der Waals surface area (Å²) in [5.41, 5.74) is 5.21. The number of rotatable bonds is 4. The minimum atomic E-state index is 0.490. The zero-order chi connectivity index (χ0) is 7.82. The molecule has 58 valence electrons. The van der Waals surface area contributed by atoms with Crippen molar-refractivity contribution in [2.45, 2.75) is 13.3 Å². The lowest BCUT2D eigenvalue weighted by atomic mass is 10.5. The van der Waals surface area contributed by atoms with Gasteiger partial charge >= 0.3 is 0 Å². The van der Waals surface area contributed by atoms with Crippen LogP contribution in [0.4, 0.5) is 0 Å². The Morgan fingerprint density at radius 2 is 2.30 bits per heavy atom. The molecule has 10 heavy (non-hydrogen) atoms. The smallest absolute Gasteiger partial charge is 0.0385 e. The fraction of sp³-hybridized carbons (Fsp3) is 0.571. The van der Waals surface area contributed by atoms with Gasteiger partial charge in [-0.2, -0.15) is 5.10 Å². The van der Waals surface area contributed by atoms with Crippen LogP contribution in [0.15, 0.2) is 17.4 Å². The summed E-state index contributed by atoms with van der Waals surface area (Å²) in [6.45, 7) is 2.57. The van der Waals surface area contributed by atoms with Gasteiger partial charge in [-0.3, -0.25) is 5.01 Å². The lowest BCUT2D eigenvalue weighted by Gasteiger charge is -2.03. The maximum Gasteiger partial charge on any atom is 0.0385 e. The van der Waals surface area contributed by atoms with E-state index in [0.717, 1.165) is 6.42 Å². The van der Waals surface area contributed by atoms with Gasteiger partial charge in [-0.15, -0.1) is 0 Å². The highest BCUT2D eigenvalue weighted by atomic mass is 15.4. The van der Waals surface area contributed by atoms with E-state index in [9.17, 15) is 0 Å². The molecule has 0 aromatic carbocycles. The third kappa shape index (κ3) is 5.31. The molecule has 0 saturated carbocycles. The van der Waals surface area contributed by atoms with Crippen molar-refractivity contribution in [1.82, 2.24) is 5.01 Å². The van der Waals surface area contributed by atoms with Crippen LogP contribution in [-0.2, 0) is 0 Å². The summed E-state index contributed by atoms with van der Waals surface area (Å²) in [6, 6.07) is 0. The average Bonchev–Trinajstić information content (AvgIpc) is 1.97. The van der Waals surface area contributed by atoms with E-state index in [2.05, 4.69) is 12.0 Å². The molecule has 0 radical (unpaired) electrons. The van der Waals surface area contributed by atoms with E-state index in [0.29, 0.717) is 6.54 Å². The molecule has 0 unspecified atom stereocenters. The molecule has 3 heteroatoms. The van der Waals surface area contributed by atoms with Crippen LogP contribution in [0.5, 0.6) is 0 Å². The molecule has 0 aliphatic heterocycles. The first kappa shape index (κ1) is 9.17. The second kappa shape index (κ2) is 6.29. The number of nitrogens with zero attached hydrogens (tertiary/aromatic N) is 2. The fourth-order valence-electron chi connectivity index (χ4n) is 0.472. The van der Waals surface area contributed by atoms with Crippen molar-refractivity contribution in [2.24, 2.45) is 10.8 Å². The minimum Gasteiger partial charge on any atom is -0.326 e. The van der Waals surface area contributed by atoms with Crippen molar-refractivity contribution >= 4 is 6.21 Å². The summed E-state index contributed by atoms with van der Waals surface area (Å²) in [4.78, 5) is 0. The summed E-state index contributed by atoms with van der Waals surface area (Å²) in [5, 5.41) is 5.71. The summed E-state index contributed by atoms with van der Waals surface area (Å²) in [5.74, 6) is 0. The zero-order valence-electron chi connectivity index (χ0n) is 6.62. The maximum atomic E-state index is 5.21. The number of allylic oxidation sites excluding steroid dienone is 1. The second-order valence-corrected chi connectivity index (χ2v) is 1.90. The van der Waals surface area contributed by atoms with Crippen LogP contribution in [-0.4, -0.2) is 24.8 Å². The summed E-state index contributed by atoms with van der Waals surface area (Å²) in [7, 11) is 1.87. The normalized spacial score (nSPS) is 11.5. The Hall–Kier alpha value is -0.830. The number of hydrazone groups is 1. The number of hydrogen-bond acceptors (Lipinski definition) is 3. The standard InChI is InChI=1S/C7H15N3/c1-3-4-7-10(2)9-6-5-8/h4,6-7H,3,5,8H2,1-2H3/b7-4-,9-6-. The van der Waals surface area contributed by atoms with Crippen molar-refractivity contribution in [3.8, 4) is 0 Å². The van der Waals surface area contributed by atoms with Crippen LogP contribution >= 0.6 is 0 Å². The molecule has 3 nitrogen and oxygen atoms in total. The van der Waals surface area contributed by atoms with Gasteiger partial charge in [-0.1, -0.05) is 13.0 Å². The fourth-order valence-corrected chi connectivity index (χ4v) is 0.472. The van der Waals surface area contributed by atoms with Crippen molar-refractivity contribution < 1.29 is 0 Å². The topological polar surface area (TPSA) is 41.6 Å². The summed E-state index contributed by atoms with van der Waals surface area (Å²) < 4.78 is 0. The van der Waals surface area contributed by atoms with E-state index >= 15 is 0 Å². The summed E-state index contributed by atoms with van der Waals surface area (Å²) >= 11 is 0. The quantitative estimate of drug-likeness (QED) is 0.464. The third-order valence-electron chi connectivity index (χ3n) is 0.926. The van der Waals surface area contributed by atoms with Gasteiger partial charge in [0.05, 0.1) is 0 Å². The third-order valence-corrected chi connectivity index (χ3v) is 0.926. The van der Waals surface area contributed by atoms with Crippen LogP contribution < -0.4 is 5.73 Å². The van der Waals surface area contributed by atoms with Gasteiger partial charge in [-0.05, 0) is 6.42 Å². The van der Waals surface area contributed by atoms with Gasteiger partial charge in [0.1, 0.15) is 0 Å². The monoisotopic (exact) mass is 141 g/mol. The molecule has 2 N–H and O–H groups in total. The van der Waals surface area contributed by atoms with E-state index in [1.165, 1.54) is 0 Å². The molecule has 0 heterocycles. The van der Waals surface area contributed by atoms with Crippen LogP contribution in [0, 0.1) is 0 Å². The maximum absolute atomic E-state index is 5.21. The Bertz CT molecular complexity index is 104. The van der Waals surface area contributed by atoms with Crippen LogP contribution in [0.3, 0.4) is 0 Å². The van der Waals surface area contributed by atoms with Crippen molar-refractivity contribution in [2.75, 3.05) is 13.6 Å². The van der Waals surface area contributed by atoms with Gasteiger partial charge in [0.2, 0.25) is 0 Å². The SMILES string of the molecule is CC/C=C\N(C)/N=C\CN. The molecular weight excluding hydrogens is 126 g/mol. The molecule has 0 fully saturated rings. The Morgan fingerprint density at radius 1 is 1.60 bits per heavy atom. The lowest BCUT2D eigenvalue weighted by molar-refractivity contribution is 0.490. The van der Waals surface area contributed by atoms with Crippen molar-refractivity contribution in [1.29, 1.82) is 0 Å². The minimum absolute atomic E-state index is 0.490. The van der Waals surface area contributed by atoms with E-state index < -0.39 is 0 Å². The molecule has 0 aliphatic carbocycles. The van der Waals surface area contributed by atoms with Gasteiger partial charge in [0.25, 0.3) is 0 Å². The molecule has 0 amide bonds.